The number of aromatic nitrogens is 4. The normalized spacial score (nSPS) is 16.9. The number of hydrogen-bond donors (Lipinski definition) is 0. The van der Waals surface area contributed by atoms with Crippen LogP contribution in [0.15, 0.2) is 188 Å². The molecule has 0 N–H and O–H groups in total. The van der Waals surface area contributed by atoms with E-state index < -0.39 is 13.5 Å². The van der Waals surface area contributed by atoms with Crippen LogP contribution in [0.4, 0.5) is 17.3 Å². The molecular formula is C54H38N5Si-. The molecule has 2 aliphatic heterocycles. The number of fused-ring (bicyclic) bond motifs is 15. The van der Waals surface area contributed by atoms with E-state index in [1.807, 2.05) is 36.4 Å². The van der Waals surface area contributed by atoms with Gasteiger partial charge in [0, 0.05) is 0 Å². The molecule has 4 heterocycles. The van der Waals surface area contributed by atoms with Gasteiger partial charge in [0.2, 0.25) is 0 Å². The van der Waals surface area contributed by atoms with Crippen molar-refractivity contribution >= 4 is 57.6 Å². The van der Waals surface area contributed by atoms with E-state index in [1.165, 1.54) is 76.9 Å². The number of benzene rings is 8. The Balaban J connectivity index is 1.18. The number of nitrogens with zero attached hydrogens (tertiary/aromatic N) is 5. The van der Waals surface area contributed by atoms with Crippen LogP contribution in [0.3, 0.4) is 0 Å². The van der Waals surface area contributed by atoms with Gasteiger partial charge in [-0.25, -0.2) is 0 Å². The average molecular weight is 785 g/mol. The minimum atomic E-state index is -2.70. The Morgan fingerprint density at radius 3 is 1.82 bits per heavy atom. The van der Waals surface area contributed by atoms with Crippen LogP contribution in [0.1, 0.15) is 22.3 Å². The first kappa shape index (κ1) is 33.5. The quantitative estimate of drug-likeness (QED) is 0.167. The Morgan fingerprint density at radius 2 is 1.05 bits per heavy atom. The van der Waals surface area contributed by atoms with Crippen molar-refractivity contribution in [2.24, 2.45) is 0 Å². The van der Waals surface area contributed by atoms with Gasteiger partial charge < -0.3 is 0 Å². The van der Waals surface area contributed by atoms with Crippen molar-refractivity contribution in [1.82, 2.24) is 19.5 Å². The van der Waals surface area contributed by atoms with Crippen LogP contribution in [-0.4, -0.2) is 27.6 Å². The number of rotatable bonds is 3. The van der Waals surface area contributed by atoms with Crippen LogP contribution < -0.4 is 15.3 Å². The van der Waals surface area contributed by atoms with E-state index in [2.05, 4.69) is 174 Å². The third kappa shape index (κ3) is 4.22. The molecule has 60 heavy (non-hydrogen) atoms. The van der Waals surface area contributed by atoms with Crippen LogP contribution in [-0.2, 0) is 5.41 Å². The molecular weight excluding hydrogens is 747 g/mol. The monoisotopic (exact) mass is 784 g/mol. The molecule has 2 aromatic heterocycles. The molecule has 0 radical (unpaired) electrons. The molecule has 10 aromatic rings. The summed E-state index contributed by atoms with van der Waals surface area (Å²) < 4.78 is 2.51. The Labute approximate surface area is 348 Å². The van der Waals surface area contributed by atoms with Crippen molar-refractivity contribution in [2.75, 3.05) is 4.90 Å². The predicted molar refractivity (Wildman–Crippen MR) is 249 cm³/mol. The maximum atomic E-state index is 5.42. The van der Waals surface area contributed by atoms with Crippen LogP contribution in [0.25, 0.3) is 61.4 Å². The van der Waals surface area contributed by atoms with E-state index in [-0.39, 0.29) is 0 Å². The van der Waals surface area contributed by atoms with E-state index in [0.717, 1.165) is 16.8 Å². The van der Waals surface area contributed by atoms with Gasteiger partial charge in [-0.3, -0.25) is 0 Å². The Kier molecular flexibility index (Phi) is 6.75. The van der Waals surface area contributed by atoms with E-state index in [1.54, 1.807) is 0 Å². The standard InChI is InChI=1S/C54H38N5Si/c1-60(2)46-31-16-15-30-45(46)59(53-56-51(34-18-5-3-6-19-34)55-52(57-53)35-20-7-4-8-21-35)50-47(60)33-32-41-48(50)38-23-9-11-25-39(38)54(41)40-26-12-14-29-44(40)58-43-28-13-10-22-36(43)37-24-17-27-42(54)49(37)58/h3-33,60H,1-2H3/q-1. The summed E-state index contributed by atoms with van der Waals surface area (Å²) in [6, 6.07) is 68.6. The molecule has 5 nitrogen and oxygen atoms in total. The second-order valence-corrected chi connectivity index (χ2v) is 22.1. The van der Waals surface area contributed by atoms with Crippen molar-refractivity contribution in [1.29, 1.82) is 0 Å². The second kappa shape index (κ2) is 12.1. The number of hydrogen-bond acceptors (Lipinski definition) is 4. The molecule has 0 bridgehead atoms. The summed E-state index contributed by atoms with van der Waals surface area (Å²) >= 11 is 0. The van der Waals surface area contributed by atoms with Crippen molar-refractivity contribution < 1.29 is 0 Å². The molecule has 1 spiro atoms. The van der Waals surface area contributed by atoms with Crippen molar-refractivity contribution in [3.05, 3.63) is 210 Å². The third-order valence-electron chi connectivity index (χ3n) is 13.7. The van der Waals surface area contributed by atoms with E-state index in [9.17, 15) is 0 Å². The fraction of sp³-hybridized carbons (Fsp3) is 0.0556. The predicted octanol–water partition coefficient (Wildman–Crippen LogP) is 11.3. The summed E-state index contributed by atoms with van der Waals surface area (Å²) in [5.41, 5.74) is 15.1. The molecule has 1 aliphatic carbocycles. The first-order valence-electron chi connectivity index (χ1n) is 21.0. The molecule has 8 aromatic carbocycles. The van der Waals surface area contributed by atoms with E-state index in [4.69, 9.17) is 15.0 Å². The van der Waals surface area contributed by atoms with Gasteiger partial charge in [-0.15, -0.1) is 0 Å². The Bertz CT molecular complexity index is 3370. The SMILES string of the molecule is C[SiH-]1(C)c2ccccc2N(c2nc(-c3ccccc3)nc(-c3ccccc3)n2)c2c1ccc1c2-c2ccccc2C12c1ccccc1-n1c3ccccc3c3cccc2c31. The summed E-state index contributed by atoms with van der Waals surface area (Å²) in [6.45, 7) is 5.05. The third-order valence-corrected chi connectivity index (χ3v) is 17.8. The topological polar surface area (TPSA) is 46.8 Å². The van der Waals surface area contributed by atoms with Gasteiger partial charge in [0.05, 0.1) is 0 Å². The van der Waals surface area contributed by atoms with E-state index in [0.29, 0.717) is 17.6 Å². The molecule has 6 heteroatoms. The summed E-state index contributed by atoms with van der Waals surface area (Å²) in [5.74, 6) is 1.91. The maximum absolute atomic E-state index is 5.42. The second-order valence-electron chi connectivity index (χ2n) is 17.1. The van der Waals surface area contributed by atoms with Crippen LogP contribution in [0.2, 0.25) is 13.1 Å². The van der Waals surface area contributed by atoms with Gasteiger partial charge in [-0.1, -0.05) is 0 Å². The minimum absolute atomic E-state index is 0.581. The van der Waals surface area contributed by atoms with Gasteiger partial charge >= 0.3 is 350 Å². The zero-order valence-corrected chi connectivity index (χ0v) is 34.4. The van der Waals surface area contributed by atoms with Gasteiger partial charge in [-0.2, -0.15) is 0 Å². The van der Waals surface area contributed by atoms with Crippen molar-refractivity contribution in [2.45, 2.75) is 18.5 Å². The summed E-state index contributed by atoms with van der Waals surface area (Å²) in [7, 11) is -2.70. The van der Waals surface area contributed by atoms with E-state index >= 15 is 0 Å². The molecule has 0 amide bonds. The summed E-state index contributed by atoms with van der Waals surface area (Å²) in [5, 5.41) is 5.33. The number of para-hydroxylation sites is 4. The molecule has 1 unspecified atom stereocenters. The molecule has 0 fully saturated rings. The number of anilines is 3. The van der Waals surface area contributed by atoms with Gasteiger partial charge in [0.25, 0.3) is 0 Å². The van der Waals surface area contributed by atoms with Crippen molar-refractivity contribution in [3.63, 3.8) is 0 Å². The fourth-order valence-electron chi connectivity index (χ4n) is 11.2. The zero-order valence-electron chi connectivity index (χ0n) is 33.2. The molecule has 0 saturated carbocycles. The van der Waals surface area contributed by atoms with Crippen LogP contribution in [0, 0.1) is 0 Å². The Morgan fingerprint density at radius 1 is 0.450 bits per heavy atom. The van der Waals surface area contributed by atoms with Crippen LogP contribution in [0.5, 0.6) is 0 Å². The van der Waals surface area contributed by atoms with Gasteiger partial charge in [0.1, 0.15) is 0 Å². The Hall–Kier alpha value is -7.41. The van der Waals surface area contributed by atoms with Crippen LogP contribution >= 0.6 is 0 Å². The van der Waals surface area contributed by atoms with Crippen molar-refractivity contribution in [3.8, 4) is 39.6 Å². The molecule has 3 aliphatic rings. The first-order valence-corrected chi connectivity index (χ1v) is 24.4. The fourth-order valence-corrected chi connectivity index (χ4v) is 14.6. The zero-order chi connectivity index (χ0) is 39.7. The molecule has 1 atom stereocenters. The molecule has 284 valence electrons. The summed E-state index contributed by atoms with van der Waals surface area (Å²) in [4.78, 5) is 18.4. The van der Waals surface area contributed by atoms with Gasteiger partial charge in [0.15, 0.2) is 0 Å². The summed E-state index contributed by atoms with van der Waals surface area (Å²) in [6.07, 6.45) is 0. The molecule has 0 saturated heterocycles. The van der Waals surface area contributed by atoms with Gasteiger partial charge in [-0.05, 0) is 0 Å². The first-order chi connectivity index (χ1) is 29.5. The average Bonchev–Trinajstić information content (AvgIpc) is 3.80. The molecule has 13 rings (SSSR count).